The zero-order valence-electron chi connectivity index (χ0n) is 8.62. The van der Waals surface area contributed by atoms with Crippen molar-refractivity contribution in [1.29, 1.82) is 5.26 Å². The van der Waals surface area contributed by atoms with Gasteiger partial charge in [0.1, 0.15) is 16.8 Å². The minimum Gasteiger partial charge on any atom is -0.397 e. The molecule has 0 unspecified atom stereocenters. The van der Waals surface area contributed by atoms with Crippen molar-refractivity contribution in [2.45, 2.75) is 6.92 Å². The van der Waals surface area contributed by atoms with Crippen molar-refractivity contribution in [2.75, 3.05) is 5.73 Å². The molecule has 0 fully saturated rings. The van der Waals surface area contributed by atoms with Gasteiger partial charge in [0.25, 0.3) is 0 Å². The average molecular weight is 232 g/mol. The first-order valence-electron chi connectivity index (χ1n) is 4.67. The second-order valence-electron chi connectivity index (χ2n) is 3.47. The highest BCUT2D eigenvalue weighted by atomic mass is 32.1. The fourth-order valence-electron chi connectivity index (χ4n) is 1.48. The van der Waals surface area contributed by atoms with Crippen LogP contribution in [0.25, 0.3) is 10.4 Å². The summed E-state index contributed by atoms with van der Waals surface area (Å²) in [6, 6.07) is 8.33. The van der Waals surface area contributed by atoms with Crippen LogP contribution in [0.3, 0.4) is 0 Å². The zero-order chi connectivity index (χ0) is 11.7. The number of anilines is 1. The van der Waals surface area contributed by atoms with Crippen molar-refractivity contribution < 1.29 is 4.39 Å². The van der Waals surface area contributed by atoms with E-state index in [0.717, 1.165) is 16.0 Å². The number of thiophene rings is 1. The van der Waals surface area contributed by atoms with Crippen molar-refractivity contribution in [3.63, 3.8) is 0 Å². The Kier molecular flexibility index (Phi) is 2.63. The first-order valence-corrected chi connectivity index (χ1v) is 5.49. The molecule has 4 heteroatoms. The predicted octanol–water partition coefficient (Wildman–Crippen LogP) is 3.32. The number of nitriles is 1. The maximum atomic E-state index is 13.1. The minimum absolute atomic E-state index is 0.286. The number of aryl methyl sites for hydroxylation is 1. The quantitative estimate of drug-likeness (QED) is 0.820. The van der Waals surface area contributed by atoms with Crippen molar-refractivity contribution in [2.24, 2.45) is 0 Å². The summed E-state index contributed by atoms with van der Waals surface area (Å²) in [7, 11) is 0. The Balaban J connectivity index is 2.59. The maximum Gasteiger partial charge on any atom is 0.128 e. The number of benzene rings is 1. The smallest absolute Gasteiger partial charge is 0.128 e. The Morgan fingerprint density at radius 1 is 1.38 bits per heavy atom. The second kappa shape index (κ2) is 3.95. The van der Waals surface area contributed by atoms with E-state index in [1.165, 1.54) is 23.5 Å². The van der Waals surface area contributed by atoms with Gasteiger partial charge in [-0.15, -0.1) is 11.3 Å². The summed E-state index contributed by atoms with van der Waals surface area (Å²) in [4.78, 5) is 1.30. The molecule has 0 aliphatic heterocycles. The van der Waals surface area contributed by atoms with Gasteiger partial charge in [-0.2, -0.15) is 5.26 Å². The summed E-state index contributed by atoms with van der Waals surface area (Å²) >= 11 is 1.28. The summed E-state index contributed by atoms with van der Waals surface area (Å²) in [5.41, 5.74) is 7.88. The highest BCUT2D eigenvalue weighted by Crippen LogP contribution is 2.34. The molecule has 2 rings (SSSR count). The molecule has 1 aromatic heterocycles. The van der Waals surface area contributed by atoms with Gasteiger partial charge in [0.2, 0.25) is 0 Å². The molecule has 2 nitrogen and oxygen atoms in total. The van der Waals surface area contributed by atoms with Crippen LogP contribution in [0.15, 0.2) is 24.3 Å². The number of hydrogen-bond donors (Lipinski definition) is 1. The molecule has 0 radical (unpaired) electrons. The van der Waals surface area contributed by atoms with E-state index < -0.39 is 0 Å². The van der Waals surface area contributed by atoms with E-state index in [1.54, 1.807) is 12.1 Å². The fraction of sp³-hybridized carbons (Fsp3) is 0.0833. The lowest BCUT2D eigenvalue weighted by atomic mass is 10.1. The van der Waals surface area contributed by atoms with Crippen LogP contribution in [0.1, 0.15) is 10.4 Å². The molecule has 1 aromatic carbocycles. The lowest BCUT2D eigenvalue weighted by Gasteiger charge is -2.02. The molecular weight excluding hydrogens is 223 g/mol. The first-order chi connectivity index (χ1) is 7.61. The lowest BCUT2D eigenvalue weighted by Crippen LogP contribution is -1.83. The van der Waals surface area contributed by atoms with Gasteiger partial charge in [-0.3, -0.25) is 0 Å². The minimum atomic E-state index is -0.286. The van der Waals surface area contributed by atoms with E-state index in [-0.39, 0.29) is 5.82 Å². The topological polar surface area (TPSA) is 49.8 Å². The Morgan fingerprint density at radius 3 is 2.75 bits per heavy atom. The van der Waals surface area contributed by atoms with Gasteiger partial charge in [0.05, 0.1) is 5.69 Å². The molecule has 0 bridgehead atoms. The van der Waals surface area contributed by atoms with Crippen LogP contribution in [0, 0.1) is 24.1 Å². The maximum absolute atomic E-state index is 13.1. The van der Waals surface area contributed by atoms with Crippen LogP contribution in [-0.4, -0.2) is 0 Å². The van der Waals surface area contributed by atoms with Crippen molar-refractivity contribution in [1.82, 2.24) is 0 Å². The van der Waals surface area contributed by atoms with Gasteiger partial charge < -0.3 is 5.73 Å². The van der Waals surface area contributed by atoms with E-state index in [0.29, 0.717) is 10.6 Å². The Labute approximate surface area is 96.8 Å². The monoisotopic (exact) mass is 232 g/mol. The third-order valence-electron chi connectivity index (χ3n) is 2.33. The molecule has 0 amide bonds. The highest BCUT2D eigenvalue weighted by molar-refractivity contribution is 7.16. The molecular formula is C12H9FN2S. The summed E-state index contributed by atoms with van der Waals surface area (Å²) in [5, 5.41) is 8.81. The summed E-state index contributed by atoms with van der Waals surface area (Å²) in [5.74, 6) is -0.286. The first kappa shape index (κ1) is 10.7. The Hall–Kier alpha value is -1.86. The third-order valence-corrected chi connectivity index (χ3v) is 3.42. The second-order valence-corrected chi connectivity index (χ2v) is 4.52. The molecule has 0 aliphatic rings. The number of nitrogens with zero attached hydrogens (tertiary/aromatic N) is 1. The van der Waals surface area contributed by atoms with Gasteiger partial charge >= 0.3 is 0 Å². The molecule has 0 atom stereocenters. The summed E-state index contributed by atoms with van der Waals surface area (Å²) in [6.45, 7) is 1.90. The molecule has 80 valence electrons. The summed E-state index contributed by atoms with van der Waals surface area (Å²) in [6.07, 6.45) is 0. The van der Waals surface area contributed by atoms with Gasteiger partial charge in [0.15, 0.2) is 0 Å². The van der Waals surface area contributed by atoms with E-state index in [9.17, 15) is 4.39 Å². The van der Waals surface area contributed by atoms with Gasteiger partial charge in [-0.1, -0.05) is 6.07 Å². The van der Waals surface area contributed by atoms with Crippen molar-refractivity contribution >= 4 is 17.0 Å². The van der Waals surface area contributed by atoms with E-state index in [1.807, 2.05) is 13.0 Å². The molecule has 0 saturated carbocycles. The molecule has 0 saturated heterocycles. The molecule has 1 heterocycles. The molecule has 16 heavy (non-hydrogen) atoms. The van der Waals surface area contributed by atoms with Gasteiger partial charge in [-0.25, -0.2) is 4.39 Å². The van der Waals surface area contributed by atoms with Crippen molar-refractivity contribution in [3.8, 4) is 16.5 Å². The average Bonchev–Trinajstić information content (AvgIpc) is 2.63. The van der Waals surface area contributed by atoms with Crippen LogP contribution in [0.5, 0.6) is 0 Å². The standard InChI is InChI=1S/C12H9FN2S/c1-7-2-3-8(13)4-9(7)11-5-10(15)12(6-14)16-11/h2-5H,15H2,1H3. The Bertz CT molecular complexity index is 581. The van der Waals surface area contributed by atoms with E-state index in [4.69, 9.17) is 11.0 Å². The lowest BCUT2D eigenvalue weighted by molar-refractivity contribution is 0.628. The number of hydrogen-bond acceptors (Lipinski definition) is 3. The van der Waals surface area contributed by atoms with Crippen LogP contribution in [0.2, 0.25) is 0 Å². The fourth-order valence-corrected chi connectivity index (χ4v) is 2.44. The SMILES string of the molecule is Cc1ccc(F)cc1-c1cc(N)c(C#N)s1. The number of nitrogen functional groups attached to an aromatic ring is 1. The van der Waals surface area contributed by atoms with Gasteiger partial charge in [-0.05, 0) is 36.2 Å². The highest BCUT2D eigenvalue weighted by Gasteiger charge is 2.10. The van der Waals surface area contributed by atoms with Crippen LogP contribution >= 0.6 is 11.3 Å². The largest absolute Gasteiger partial charge is 0.397 e. The Morgan fingerprint density at radius 2 is 2.12 bits per heavy atom. The predicted molar refractivity (Wildman–Crippen MR) is 63.6 cm³/mol. The van der Waals surface area contributed by atoms with E-state index in [2.05, 4.69) is 0 Å². The normalized spacial score (nSPS) is 10.1. The molecule has 2 N–H and O–H groups in total. The van der Waals surface area contributed by atoms with Crippen LogP contribution in [-0.2, 0) is 0 Å². The molecule has 0 spiro atoms. The summed E-state index contributed by atoms with van der Waals surface area (Å²) < 4.78 is 13.1. The van der Waals surface area contributed by atoms with Crippen molar-refractivity contribution in [3.05, 3.63) is 40.5 Å². The van der Waals surface area contributed by atoms with Crippen LogP contribution in [0.4, 0.5) is 10.1 Å². The van der Waals surface area contributed by atoms with Gasteiger partial charge in [0, 0.05) is 4.88 Å². The third kappa shape index (κ3) is 1.77. The number of nitrogens with two attached hydrogens (primary N) is 1. The zero-order valence-corrected chi connectivity index (χ0v) is 9.44. The van der Waals surface area contributed by atoms with Crippen LogP contribution < -0.4 is 5.73 Å². The number of rotatable bonds is 1. The van der Waals surface area contributed by atoms with E-state index >= 15 is 0 Å². The number of halogens is 1. The molecule has 2 aromatic rings. The molecule has 0 aliphatic carbocycles.